The van der Waals surface area contributed by atoms with E-state index in [4.69, 9.17) is 14.8 Å². The average Bonchev–Trinajstić information content (AvgIpc) is 3.44. The molecule has 7 heteroatoms. The minimum absolute atomic E-state index is 0.0524. The summed E-state index contributed by atoms with van der Waals surface area (Å²) in [5.74, 6) is 2.21. The fourth-order valence-electron chi connectivity index (χ4n) is 3.95. The van der Waals surface area contributed by atoms with Crippen molar-refractivity contribution < 1.29 is 9.53 Å². The van der Waals surface area contributed by atoms with Gasteiger partial charge in [0.2, 0.25) is 5.91 Å². The van der Waals surface area contributed by atoms with E-state index in [1.807, 2.05) is 27.9 Å². The van der Waals surface area contributed by atoms with Crippen molar-refractivity contribution in [2.24, 2.45) is 5.92 Å². The normalized spacial score (nSPS) is 22.9. The van der Waals surface area contributed by atoms with Crippen LogP contribution in [0, 0.1) is 5.92 Å². The van der Waals surface area contributed by atoms with Crippen LogP contribution in [-0.4, -0.2) is 43.2 Å². The number of amides is 1. The zero-order chi connectivity index (χ0) is 19.7. The van der Waals surface area contributed by atoms with E-state index < -0.39 is 0 Å². The summed E-state index contributed by atoms with van der Waals surface area (Å²) in [6.07, 6.45) is 7.16. The molecule has 1 aliphatic heterocycles. The average molecular weight is 383 g/mol. The van der Waals surface area contributed by atoms with Crippen molar-refractivity contribution in [1.29, 1.82) is 0 Å². The maximum atomic E-state index is 12.7. The maximum absolute atomic E-state index is 12.7. The summed E-state index contributed by atoms with van der Waals surface area (Å²) >= 11 is 0. The SMILES string of the molecule is CCCn1nc(CC(C)C)nc1[C@H]1OCC(=O)N(C2CC2)[C@@H]1c1cccnc1. The molecule has 1 saturated heterocycles. The standard InChI is InChI=1S/C21H29N5O2/c1-4-10-25-21(23-17(24-25)11-14(2)3)20-19(15-6-5-9-22-12-15)26(16-7-8-16)18(27)13-28-20/h5-6,9,12,14,16,19-20H,4,7-8,10-11,13H2,1-3H3/t19-,20+/m1/s1. The van der Waals surface area contributed by atoms with Crippen molar-refractivity contribution in [3.05, 3.63) is 41.7 Å². The lowest BCUT2D eigenvalue weighted by Gasteiger charge is -2.41. The van der Waals surface area contributed by atoms with Crippen LogP contribution in [0.1, 0.15) is 69.4 Å². The molecular weight excluding hydrogens is 354 g/mol. The summed E-state index contributed by atoms with van der Waals surface area (Å²) in [6.45, 7) is 7.36. The molecule has 28 heavy (non-hydrogen) atoms. The molecule has 2 atom stereocenters. The molecule has 0 radical (unpaired) electrons. The van der Waals surface area contributed by atoms with E-state index in [-0.39, 0.29) is 24.7 Å². The summed E-state index contributed by atoms with van der Waals surface area (Å²) in [7, 11) is 0. The summed E-state index contributed by atoms with van der Waals surface area (Å²) in [4.78, 5) is 23.9. The van der Waals surface area contributed by atoms with Gasteiger partial charge in [0, 0.05) is 31.4 Å². The highest BCUT2D eigenvalue weighted by atomic mass is 16.5. The summed E-state index contributed by atoms with van der Waals surface area (Å²) < 4.78 is 8.09. The second-order valence-electron chi connectivity index (χ2n) is 8.20. The Bertz CT molecular complexity index is 815. The fraction of sp³-hybridized carbons (Fsp3) is 0.619. The molecule has 1 amide bonds. The Balaban J connectivity index is 1.76. The number of hydrogen-bond donors (Lipinski definition) is 0. The minimum Gasteiger partial charge on any atom is -0.358 e. The first-order chi connectivity index (χ1) is 13.6. The second-order valence-corrected chi connectivity index (χ2v) is 8.20. The Morgan fingerprint density at radius 1 is 1.32 bits per heavy atom. The monoisotopic (exact) mass is 383 g/mol. The van der Waals surface area contributed by atoms with Crippen LogP contribution in [0.5, 0.6) is 0 Å². The molecule has 1 saturated carbocycles. The van der Waals surface area contributed by atoms with Crippen molar-refractivity contribution in [3.8, 4) is 0 Å². The van der Waals surface area contributed by atoms with E-state index in [9.17, 15) is 4.79 Å². The van der Waals surface area contributed by atoms with Crippen molar-refractivity contribution in [2.45, 2.75) is 71.2 Å². The smallest absolute Gasteiger partial charge is 0.249 e. The molecular formula is C21H29N5O2. The molecule has 0 unspecified atom stereocenters. The quantitative estimate of drug-likeness (QED) is 0.735. The van der Waals surface area contributed by atoms with Crippen LogP contribution in [0.4, 0.5) is 0 Å². The highest BCUT2D eigenvalue weighted by Crippen LogP contribution is 2.44. The summed E-state index contributed by atoms with van der Waals surface area (Å²) in [6, 6.07) is 4.02. The largest absolute Gasteiger partial charge is 0.358 e. The van der Waals surface area contributed by atoms with Crippen LogP contribution >= 0.6 is 0 Å². The van der Waals surface area contributed by atoms with Crippen molar-refractivity contribution in [3.63, 3.8) is 0 Å². The van der Waals surface area contributed by atoms with Crippen molar-refractivity contribution in [2.75, 3.05) is 6.61 Å². The van der Waals surface area contributed by atoms with E-state index in [0.717, 1.165) is 49.4 Å². The molecule has 3 heterocycles. The molecule has 4 rings (SSSR count). The van der Waals surface area contributed by atoms with Gasteiger partial charge >= 0.3 is 0 Å². The first-order valence-electron chi connectivity index (χ1n) is 10.3. The van der Waals surface area contributed by atoms with Gasteiger partial charge in [-0.05, 0) is 36.8 Å². The minimum atomic E-state index is -0.331. The molecule has 7 nitrogen and oxygen atoms in total. The number of carbonyl (C=O) groups is 1. The zero-order valence-electron chi connectivity index (χ0n) is 16.9. The van der Waals surface area contributed by atoms with E-state index in [1.165, 1.54) is 0 Å². The second kappa shape index (κ2) is 7.99. The highest BCUT2D eigenvalue weighted by Gasteiger charge is 2.47. The van der Waals surface area contributed by atoms with Crippen molar-refractivity contribution >= 4 is 5.91 Å². The number of hydrogen-bond acceptors (Lipinski definition) is 5. The molecule has 2 aromatic heterocycles. The van der Waals surface area contributed by atoms with Gasteiger partial charge in [-0.2, -0.15) is 5.10 Å². The Kier molecular flexibility index (Phi) is 5.44. The number of carbonyl (C=O) groups excluding carboxylic acids is 1. The van der Waals surface area contributed by atoms with E-state index in [1.54, 1.807) is 6.20 Å². The molecule has 0 bridgehead atoms. The number of pyridine rings is 1. The van der Waals surface area contributed by atoms with Crippen LogP contribution in [0.2, 0.25) is 0 Å². The van der Waals surface area contributed by atoms with Crippen LogP contribution in [0.25, 0.3) is 0 Å². The number of aromatic nitrogens is 4. The molecule has 2 fully saturated rings. The Morgan fingerprint density at radius 3 is 2.79 bits per heavy atom. The Hall–Kier alpha value is -2.28. The van der Waals surface area contributed by atoms with Gasteiger partial charge < -0.3 is 9.64 Å². The third kappa shape index (κ3) is 3.81. The lowest BCUT2D eigenvalue weighted by Crippen LogP contribution is -2.47. The summed E-state index contributed by atoms with van der Waals surface area (Å²) in [5.41, 5.74) is 0.990. The van der Waals surface area contributed by atoms with Gasteiger partial charge in [0.05, 0.1) is 6.04 Å². The topological polar surface area (TPSA) is 73.1 Å². The lowest BCUT2D eigenvalue weighted by atomic mass is 9.98. The lowest BCUT2D eigenvalue weighted by molar-refractivity contribution is -0.160. The maximum Gasteiger partial charge on any atom is 0.249 e. The Morgan fingerprint density at radius 2 is 2.14 bits per heavy atom. The first-order valence-corrected chi connectivity index (χ1v) is 10.3. The number of ether oxygens (including phenoxy) is 1. The molecule has 2 aliphatic rings. The predicted molar refractivity (Wildman–Crippen MR) is 104 cm³/mol. The van der Waals surface area contributed by atoms with Crippen molar-refractivity contribution in [1.82, 2.24) is 24.6 Å². The molecule has 150 valence electrons. The number of aryl methyl sites for hydroxylation is 1. The third-order valence-corrected chi connectivity index (χ3v) is 5.25. The van der Waals surface area contributed by atoms with E-state index in [0.29, 0.717) is 12.0 Å². The van der Waals surface area contributed by atoms with Crippen LogP contribution in [-0.2, 0) is 22.5 Å². The Labute approximate surface area is 166 Å². The molecule has 0 spiro atoms. The summed E-state index contributed by atoms with van der Waals surface area (Å²) in [5, 5.41) is 4.75. The number of nitrogens with zero attached hydrogens (tertiary/aromatic N) is 5. The van der Waals surface area contributed by atoms with Crippen LogP contribution in [0.15, 0.2) is 24.5 Å². The van der Waals surface area contributed by atoms with Crippen LogP contribution in [0.3, 0.4) is 0 Å². The van der Waals surface area contributed by atoms with Gasteiger partial charge in [-0.3, -0.25) is 9.78 Å². The van der Waals surface area contributed by atoms with Crippen LogP contribution < -0.4 is 0 Å². The molecule has 1 aliphatic carbocycles. The van der Waals surface area contributed by atoms with Gasteiger partial charge in [0.25, 0.3) is 0 Å². The zero-order valence-corrected chi connectivity index (χ0v) is 16.9. The molecule has 0 aromatic carbocycles. The fourth-order valence-corrected chi connectivity index (χ4v) is 3.95. The van der Waals surface area contributed by atoms with Gasteiger partial charge in [-0.1, -0.05) is 26.8 Å². The predicted octanol–water partition coefficient (Wildman–Crippen LogP) is 3.09. The first kappa shape index (κ1) is 19.1. The molecule has 2 aromatic rings. The van der Waals surface area contributed by atoms with E-state index >= 15 is 0 Å². The van der Waals surface area contributed by atoms with Gasteiger partial charge in [-0.25, -0.2) is 9.67 Å². The number of rotatable bonds is 7. The highest BCUT2D eigenvalue weighted by molar-refractivity contribution is 5.79. The van der Waals surface area contributed by atoms with E-state index in [2.05, 4.69) is 25.8 Å². The van der Waals surface area contributed by atoms with Gasteiger partial charge in [0.15, 0.2) is 11.6 Å². The number of morpholine rings is 1. The van der Waals surface area contributed by atoms with Gasteiger partial charge in [0.1, 0.15) is 12.7 Å². The van der Waals surface area contributed by atoms with Gasteiger partial charge in [-0.15, -0.1) is 0 Å². The third-order valence-electron chi connectivity index (χ3n) is 5.25. The molecule has 0 N–H and O–H groups in total.